The number of rotatable bonds is 15. The maximum absolute atomic E-state index is 11.7. The predicted octanol–water partition coefficient (Wildman–Crippen LogP) is 28.2. The number of benzene rings is 5. The van der Waals surface area contributed by atoms with E-state index >= 15 is 0 Å². The summed E-state index contributed by atoms with van der Waals surface area (Å²) in [7, 11) is -11.5. The molecule has 0 saturated carbocycles. The van der Waals surface area contributed by atoms with Gasteiger partial charge in [0.15, 0.2) is 0 Å². The van der Waals surface area contributed by atoms with Crippen LogP contribution < -0.4 is 0 Å². The van der Waals surface area contributed by atoms with Crippen LogP contribution >= 0.6 is 0 Å². The number of nitrogens with zero attached hydrogens (tertiary/aromatic N) is 5. The molecule has 0 aliphatic heterocycles. The number of hydrogen-bond donors (Lipinski definition) is 0. The summed E-state index contributed by atoms with van der Waals surface area (Å²) in [4.78, 5) is 0. The van der Waals surface area contributed by atoms with Gasteiger partial charge < -0.3 is 0 Å². The first kappa shape index (κ1) is 90.0. The Balaban J connectivity index is 2.00. The van der Waals surface area contributed by atoms with Crippen LogP contribution in [0.15, 0.2) is 91.0 Å². The lowest BCUT2D eigenvalue weighted by Crippen LogP contribution is -2.43. The van der Waals surface area contributed by atoms with E-state index in [9.17, 15) is 26.3 Å². The van der Waals surface area contributed by atoms with E-state index in [2.05, 4.69) is 295 Å². The molecule has 5 aromatic carbocycles. The molecule has 110 heavy (non-hydrogen) atoms. The molecule has 570 valence electrons. The molecule has 1 aliphatic carbocycles. The summed E-state index contributed by atoms with van der Waals surface area (Å²) in [5.74, 6) is 18.6. The predicted molar refractivity (Wildman–Crippen MR) is 489 cm³/mol. The summed E-state index contributed by atoms with van der Waals surface area (Å²) in [5, 5.41) is 58.5. The molecule has 0 amide bonds. The minimum absolute atomic E-state index is 0.355. The van der Waals surface area contributed by atoms with Gasteiger partial charge in [0, 0.05) is 27.8 Å². The summed E-state index contributed by atoms with van der Waals surface area (Å²) in [5.41, 5.74) is 37.0. The van der Waals surface area contributed by atoms with E-state index in [1.54, 1.807) is 0 Å². The zero-order chi connectivity index (χ0) is 82.5. The molecule has 0 atom stereocenters. The minimum atomic E-state index is -2.31. The molecule has 0 spiro atoms. The topological polar surface area (TPSA) is 119 Å². The highest BCUT2D eigenvalue weighted by molar-refractivity contribution is 6.92. The van der Waals surface area contributed by atoms with E-state index in [0.29, 0.717) is 167 Å². The Bertz CT molecular complexity index is 4150. The largest absolute Gasteiger partial charge is 0.192 e. The Labute approximate surface area is 673 Å². The lowest BCUT2D eigenvalue weighted by atomic mass is 9.94. The Kier molecular flexibility index (Phi) is 31.0. The Morgan fingerprint density at radius 1 is 0.182 bits per heavy atom. The highest BCUT2D eigenvalue weighted by Gasteiger charge is 2.46. The van der Waals surface area contributed by atoms with Crippen molar-refractivity contribution >= 4 is 98.6 Å². The molecule has 10 bridgehead atoms. The van der Waals surface area contributed by atoms with Gasteiger partial charge in [-0.25, -0.2) is 0 Å². The maximum Gasteiger partial charge on any atom is 0.146 e. The van der Waals surface area contributed by atoms with Gasteiger partial charge in [-0.15, -0.1) is 27.7 Å². The molecule has 0 heterocycles. The number of hydrogen-bond acceptors (Lipinski definition) is 5. The molecule has 5 aromatic rings. The van der Waals surface area contributed by atoms with Gasteiger partial charge in [-0.1, -0.05) is 237 Å². The molecule has 0 saturated heterocycles. The summed E-state index contributed by atoms with van der Waals surface area (Å²) in [6.07, 6.45) is 9.45. The molecule has 0 fully saturated rings. The van der Waals surface area contributed by atoms with Gasteiger partial charge in [-0.2, -0.15) is 26.3 Å². The molecule has 0 N–H and O–H groups in total. The Morgan fingerprint density at radius 3 is 0.400 bits per heavy atom. The fraction of sp³-hybridized carbons (Fsp3) is 0.450. The van der Waals surface area contributed by atoms with E-state index in [1.165, 1.54) is 0 Å². The summed E-state index contributed by atoms with van der Waals surface area (Å²) in [6, 6.07) is 43.1. The lowest BCUT2D eigenvalue weighted by Gasteiger charge is -2.38. The first-order chi connectivity index (χ1) is 51.5. The van der Waals surface area contributed by atoms with Crippen molar-refractivity contribution in [1.82, 2.24) is 0 Å². The van der Waals surface area contributed by atoms with Gasteiger partial charge in [-0.05, 0) is 260 Å². The van der Waals surface area contributed by atoms with Crippen LogP contribution in [0.3, 0.4) is 0 Å². The zero-order valence-electron chi connectivity index (χ0n) is 72.4. The van der Waals surface area contributed by atoms with Crippen LogP contribution in [0.25, 0.3) is 58.2 Å². The zero-order valence-corrected chi connectivity index (χ0v) is 77.4. The number of allylic oxidation sites excluding steroid dienone is 5. The fourth-order valence-electron chi connectivity index (χ4n) is 19.6. The van der Waals surface area contributed by atoms with Crippen LogP contribution in [0.4, 0.5) is 0 Å². The lowest BCUT2D eigenvalue weighted by molar-refractivity contribution is 0.838. The minimum Gasteiger partial charge on any atom is -0.192 e. The van der Waals surface area contributed by atoms with Gasteiger partial charge in [0.1, 0.15) is 40.4 Å². The van der Waals surface area contributed by atoms with Crippen molar-refractivity contribution in [3.63, 3.8) is 0 Å². The highest BCUT2D eigenvalue weighted by atomic mass is 28.3. The van der Waals surface area contributed by atoms with Crippen LogP contribution in [0, 0.1) is 114 Å². The fourth-order valence-corrected chi connectivity index (χ4v) is 45.7. The van der Waals surface area contributed by atoms with E-state index < -0.39 is 40.4 Å². The standard InChI is InChI=1S/C100H125N5Si5/c1-66(2)106(67(3)4,68(5)6)36-31-81-41-86-51-91(46-81)96(61-101)57-87-42-82(32-37-107(69(7)8,70(9)10)71(11)12)48-93(52-87)98(63-103)59-89-44-84(34-39-109(75(19)20,76(21)22)77(23)24)50-95(54-89)100(65-105)60-90-45-85(35-40-110(78(25)26,79(27)28)80(29)30)49-94(55-90)99(64-104)58-88-43-83(47-92(53-88)97(56-86)62-102)33-38-108(72(13)14,73(15)16)74(17)18/h41-60,66-80H,1-30H3/b96-57+,97-56+,98-59+,99-58+,100-60+. The molecule has 5 nitrogen and oxygen atoms in total. The molecule has 0 unspecified atom stereocenters. The molecule has 0 aromatic heterocycles. The van der Waals surface area contributed by atoms with Crippen molar-refractivity contribution in [2.45, 2.75) is 291 Å². The van der Waals surface area contributed by atoms with Crippen molar-refractivity contribution in [1.29, 1.82) is 26.3 Å². The van der Waals surface area contributed by atoms with Crippen LogP contribution in [0.2, 0.25) is 83.1 Å². The summed E-state index contributed by atoms with van der Waals surface area (Å²) in [6.45, 7) is 69.1. The first-order valence-corrected chi connectivity index (χ1v) is 51.7. The second-order valence-corrected chi connectivity index (χ2v) is 63.7. The second kappa shape index (κ2) is 37.9. The quantitative estimate of drug-likeness (QED) is 0.0764. The molecular weight excluding hydrogens is 1410 g/mol. The third-order valence-electron chi connectivity index (χ3n) is 24.9. The Morgan fingerprint density at radius 2 is 0.300 bits per heavy atom. The van der Waals surface area contributed by atoms with Gasteiger partial charge in [0.25, 0.3) is 0 Å². The second-order valence-electron chi connectivity index (χ2n) is 35.8. The maximum atomic E-state index is 11.7. The Hall–Kier alpha value is -8.87. The third kappa shape index (κ3) is 19.5. The number of fused-ring (bicyclic) bond motifs is 10. The van der Waals surface area contributed by atoms with Gasteiger partial charge in [-0.3, -0.25) is 0 Å². The van der Waals surface area contributed by atoms with Crippen LogP contribution in [0.5, 0.6) is 0 Å². The average molecular weight is 1540 g/mol. The first-order valence-electron chi connectivity index (χ1n) is 40.6. The van der Waals surface area contributed by atoms with Gasteiger partial charge >= 0.3 is 0 Å². The van der Waals surface area contributed by atoms with Crippen molar-refractivity contribution in [3.8, 4) is 87.7 Å². The van der Waals surface area contributed by atoms with E-state index in [4.69, 9.17) is 0 Å². The van der Waals surface area contributed by atoms with Crippen molar-refractivity contribution in [2.24, 2.45) is 0 Å². The normalized spacial score (nSPS) is 15.5. The number of nitriles is 5. The van der Waals surface area contributed by atoms with Crippen molar-refractivity contribution in [3.05, 3.63) is 174 Å². The summed E-state index contributed by atoms with van der Waals surface area (Å²) >= 11 is 0. The molecular formula is C100H125N5Si5. The average Bonchev–Trinajstić information content (AvgIpc) is 0.840. The molecule has 0 radical (unpaired) electrons. The smallest absolute Gasteiger partial charge is 0.146 e. The SMILES string of the molecule is CC(C)[Si](C#Cc1cc2cc(c1)/C(C#N)=C/c1cc(C#C[Si](C(C)C)(C(C)C)C(C)C)cc(c1)/C(C#N)=C/c1cc(C#C[Si](C(C)C)(C(C)C)C(C)C)cc(c1)/C(C#N)=C/c1cc(C#C[Si](C(C)C)(C(C)C)C(C)C)cc(c1)/C(C#N)=C/c1cc(C#C[Si](C(C)C)(C(C)C)C(C)C)cc(c1)/C(C#N)=C/2)(C(C)C)C(C)C. The van der Waals surface area contributed by atoms with Crippen LogP contribution in [-0.2, 0) is 0 Å². The van der Waals surface area contributed by atoms with Crippen molar-refractivity contribution < 1.29 is 0 Å². The molecule has 10 heteroatoms. The van der Waals surface area contributed by atoms with Crippen molar-refractivity contribution in [2.75, 3.05) is 0 Å². The van der Waals surface area contributed by atoms with E-state index in [1.807, 2.05) is 121 Å². The van der Waals surface area contributed by atoms with E-state index in [0.717, 1.165) is 27.8 Å². The monoisotopic (exact) mass is 1540 g/mol. The molecule has 6 rings (SSSR count). The van der Waals surface area contributed by atoms with Gasteiger partial charge in [0.2, 0.25) is 0 Å². The van der Waals surface area contributed by atoms with Gasteiger partial charge in [0.05, 0.1) is 58.2 Å². The summed E-state index contributed by atoms with van der Waals surface area (Å²) < 4.78 is 0. The highest BCUT2D eigenvalue weighted by Crippen LogP contribution is 2.46. The molecule has 1 aliphatic rings. The van der Waals surface area contributed by atoms with E-state index in [-0.39, 0.29) is 0 Å². The van der Waals surface area contributed by atoms with Crippen LogP contribution in [0.1, 0.15) is 291 Å². The van der Waals surface area contributed by atoms with Crippen LogP contribution in [-0.4, -0.2) is 40.4 Å². The third-order valence-corrected chi connectivity index (χ3v) is 56.4.